The van der Waals surface area contributed by atoms with Crippen LogP contribution in [0.15, 0.2) is 12.1 Å². The van der Waals surface area contributed by atoms with Gasteiger partial charge < -0.3 is 11.1 Å². The molecule has 0 atom stereocenters. The maximum absolute atomic E-state index is 10.5. The van der Waals surface area contributed by atoms with E-state index in [1.165, 1.54) is 6.07 Å². The number of nitrogens with one attached hydrogen (secondary N) is 1. The maximum Gasteiger partial charge on any atom is 0.311 e. The van der Waals surface area contributed by atoms with E-state index in [0.29, 0.717) is 5.82 Å². The van der Waals surface area contributed by atoms with E-state index in [4.69, 9.17) is 5.73 Å². The maximum atomic E-state index is 10.5. The zero-order valence-electron chi connectivity index (χ0n) is 9.65. The molecule has 0 amide bonds. The van der Waals surface area contributed by atoms with E-state index in [0.717, 1.165) is 6.42 Å². The third-order valence-corrected chi connectivity index (χ3v) is 2.45. The predicted molar refractivity (Wildman–Crippen MR) is 63.3 cm³/mol. The van der Waals surface area contributed by atoms with Gasteiger partial charge in [-0.2, -0.15) is 0 Å². The molecule has 88 valence electrons. The van der Waals surface area contributed by atoms with E-state index in [-0.39, 0.29) is 17.0 Å². The molecule has 1 heterocycles. The molecule has 6 heteroatoms. The molecule has 0 bridgehead atoms. The minimum atomic E-state index is -0.545. The van der Waals surface area contributed by atoms with Gasteiger partial charge in [-0.1, -0.05) is 6.92 Å². The molecule has 0 aliphatic heterocycles. The van der Waals surface area contributed by atoms with Crippen LogP contribution in [0.3, 0.4) is 0 Å². The highest BCUT2D eigenvalue weighted by molar-refractivity contribution is 5.57. The van der Waals surface area contributed by atoms with Gasteiger partial charge >= 0.3 is 5.69 Å². The van der Waals surface area contributed by atoms with Crippen molar-refractivity contribution >= 4 is 17.3 Å². The number of rotatable bonds is 4. The second-order valence-corrected chi connectivity index (χ2v) is 4.22. The van der Waals surface area contributed by atoms with Gasteiger partial charge in [0.1, 0.15) is 5.82 Å². The zero-order chi connectivity index (χ0) is 12.3. The molecule has 0 aromatic carbocycles. The van der Waals surface area contributed by atoms with Crippen LogP contribution in [0.2, 0.25) is 0 Å². The van der Waals surface area contributed by atoms with Gasteiger partial charge in [-0.15, -0.1) is 0 Å². The molecule has 0 radical (unpaired) electrons. The normalized spacial score (nSPS) is 11.2. The monoisotopic (exact) mass is 224 g/mol. The third kappa shape index (κ3) is 2.82. The van der Waals surface area contributed by atoms with Crippen LogP contribution in [-0.2, 0) is 0 Å². The Labute approximate surface area is 94.0 Å². The van der Waals surface area contributed by atoms with Gasteiger partial charge in [0.25, 0.3) is 0 Å². The average Bonchev–Trinajstić information content (AvgIpc) is 2.16. The number of aromatic nitrogens is 1. The van der Waals surface area contributed by atoms with Crippen molar-refractivity contribution in [3.05, 3.63) is 22.2 Å². The van der Waals surface area contributed by atoms with Crippen molar-refractivity contribution in [1.29, 1.82) is 0 Å². The van der Waals surface area contributed by atoms with Crippen molar-refractivity contribution < 1.29 is 4.92 Å². The van der Waals surface area contributed by atoms with Crippen LogP contribution in [-0.4, -0.2) is 15.4 Å². The smallest absolute Gasteiger partial charge is 0.311 e. The molecule has 0 saturated heterocycles. The summed E-state index contributed by atoms with van der Waals surface area (Å²) in [5.74, 6) is 0.483. The summed E-state index contributed by atoms with van der Waals surface area (Å²) in [5.41, 5.74) is 5.21. The molecule has 16 heavy (non-hydrogen) atoms. The Kier molecular flexibility index (Phi) is 3.31. The predicted octanol–water partition coefficient (Wildman–Crippen LogP) is 2.17. The number of nitrogens with zero attached hydrogens (tertiary/aromatic N) is 2. The number of pyridine rings is 1. The summed E-state index contributed by atoms with van der Waals surface area (Å²) >= 11 is 0. The first-order valence-electron chi connectivity index (χ1n) is 5.05. The molecule has 0 fully saturated rings. The number of nitrogens with two attached hydrogens (primary N) is 1. The van der Waals surface area contributed by atoms with E-state index >= 15 is 0 Å². The van der Waals surface area contributed by atoms with E-state index in [1.807, 2.05) is 20.8 Å². The molecule has 1 aromatic rings. The average molecular weight is 224 g/mol. The molecule has 0 unspecified atom stereocenters. The highest BCUT2D eigenvalue weighted by Gasteiger charge is 2.17. The second kappa shape index (κ2) is 4.34. The molecule has 0 saturated carbocycles. The third-order valence-electron chi connectivity index (χ3n) is 2.45. The van der Waals surface area contributed by atoms with Crippen LogP contribution in [0, 0.1) is 10.1 Å². The number of hydrogen-bond donors (Lipinski definition) is 2. The van der Waals surface area contributed by atoms with Gasteiger partial charge in [0.15, 0.2) is 0 Å². The molecule has 0 aliphatic carbocycles. The first-order valence-corrected chi connectivity index (χ1v) is 5.05. The van der Waals surface area contributed by atoms with Crippen LogP contribution in [0.1, 0.15) is 27.2 Å². The Morgan fingerprint density at radius 1 is 1.56 bits per heavy atom. The minimum absolute atomic E-state index is 0.0677. The Hall–Kier alpha value is -1.85. The van der Waals surface area contributed by atoms with Crippen molar-refractivity contribution in [3.63, 3.8) is 0 Å². The largest absolute Gasteiger partial charge is 0.378 e. The van der Waals surface area contributed by atoms with E-state index in [1.54, 1.807) is 6.07 Å². The molecule has 1 rings (SSSR count). The summed E-state index contributed by atoms with van der Waals surface area (Å²) in [6, 6.07) is 2.92. The first-order chi connectivity index (χ1) is 7.35. The summed E-state index contributed by atoms with van der Waals surface area (Å²) < 4.78 is 0. The van der Waals surface area contributed by atoms with Crippen LogP contribution in [0.25, 0.3) is 0 Å². The lowest BCUT2D eigenvalue weighted by atomic mass is 10.0. The first kappa shape index (κ1) is 12.2. The molecule has 1 aromatic heterocycles. The Bertz CT molecular complexity index is 404. The topological polar surface area (TPSA) is 94.1 Å². The van der Waals surface area contributed by atoms with E-state index in [9.17, 15) is 10.1 Å². The summed E-state index contributed by atoms with van der Waals surface area (Å²) in [7, 11) is 0. The molecule has 6 nitrogen and oxygen atoms in total. The molecular weight excluding hydrogens is 208 g/mol. The van der Waals surface area contributed by atoms with Crippen LogP contribution < -0.4 is 11.1 Å². The summed E-state index contributed by atoms with van der Waals surface area (Å²) in [6.07, 6.45) is 0.908. The number of nitrogen functional groups attached to an aromatic ring is 1. The van der Waals surface area contributed by atoms with Gasteiger partial charge in [-0.05, 0) is 26.3 Å². The fraction of sp³-hybridized carbons (Fsp3) is 0.500. The molecular formula is C10H16N4O2. The van der Waals surface area contributed by atoms with Gasteiger partial charge in [-0.25, -0.2) is 4.98 Å². The van der Waals surface area contributed by atoms with E-state index in [2.05, 4.69) is 10.3 Å². The highest BCUT2D eigenvalue weighted by atomic mass is 16.6. The Balaban J connectivity index is 2.94. The lowest BCUT2D eigenvalue weighted by molar-refractivity contribution is -0.384. The van der Waals surface area contributed by atoms with Gasteiger partial charge in [0.2, 0.25) is 5.82 Å². The summed E-state index contributed by atoms with van der Waals surface area (Å²) in [6.45, 7) is 6.08. The fourth-order valence-electron chi connectivity index (χ4n) is 1.13. The summed E-state index contributed by atoms with van der Waals surface area (Å²) in [4.78, 5) is 13.9. The molecule has 0 aliphatic rings. The molecule has 3 N–H and O–H groups in total. The number of nitro groups is 1. The Morgan fingerprint density at radius 3 is 2.62 bits per heavy atom. The quantitative estimate of drug-likeness (QED) is 0.603. The van der Waals surface area contributed by atoms with Gasteiger partial charge in [0, 0.05) is 11.6 Å². The lowest BCUT2D eigenvalue weighted by Crippen LogP contribution is -2.30. The fourth-order valence-corrected chi connectivity index (χ4v) is 1.13. The van der Waals surface area contributed by atoms with Gasteiger partial charge in [0.05, 0.1) is 4.92 Å². The number of hydrogen-bond acceptors (Lipinski definition) is 5. The minimum Gasteiger partial charge on any atom is -0.378 e. The summed E-state index contributed by atoms with van der Waals surface area (Å²) in [5, 5.41) is 13.7. The van der Waals surface area contributed by atoms with Crippen molar-refractivity contribution in [3.8, 4) is 0 Å². The Morgan fingerprint density at radius 2 is 2.19 bits per heavy atom. The zero-order valence-corrected chi connectivity index (χ0v) is 9.65. The standard InChI is InChI=1S/C10H16N4O2/c1-4-10(2,3)13-8-6-5-7(14(15)16)9(11)12-8/h5-6H,4H2,1-3H3,(H3,11,12,13). The number of anilines is 2. The van der Waals surface area contributed by atoms with Crippen molar-refractivity contribution in [2.24, 2.45) is 0 Å². The van der Waals surface area contributed by atoms with Crippen LogP contribution >= 0.6 is 0 Å². The molecule has 0 spiro atoms. The van der Waals surface area contributed by atoms with Crippen molar-refractivity contribution in [2.75, 3.05) is 11.1 Å². The van der Waals surface area contributed by atoms with Crippen molar-refractivity contribution in [1.82, 2.24) is 4.98 Å². The van der Waals surface area contributed by atoms with Crippen LogP contribution in [0.4, 0.5) is 17.3 Å². The van der Waals surface area contributed by atoms with E-state index < -0.39 is 4.92 Å². The van der Waals surface area contributed by atoms with Gasteiger partial charge in [-0.3, -0.25) is 10.1 Å². The highest BCUT2D eigenvalue weighted by Crippen LogP contribution is 2.23. The van der Waals surface area contributed by atoms with Crippen LogP contribution in [0.5, 0.6) is 0 Å². The van der Waals surface area contributed by atoms with Crippen molar-refractivity contribution in [2.45, 2.75) is 32.7 Å². The lowest BCUT2D eigenvalue weighted by Gasteiger charge is -2.25. The second-order valence-electron chi connectivity index (χ2n) is 4.22. The SMILES string of the molecule is CCC(C)(C)Nc1ccc([N+](=O)[O-])c(N)n1.